The van der Waals surface area contributed by atoms with Crippen molar-refractivity contribution in [3.63, 3.8) is 0 Å². The second-order valence-corrected chi connectivity index (χ2v) is 9.27. The highest BCUT2D eigenvalue weighted by atomic mass is 19.1. The first-order valence-electron chi connectivity index (χ1n) is 12.0. The van der Waals surface area contributed by atoms with Crippen molar-refractivity contribution in [1.29, 1.82) is 0 Å². The molecule has 1 aromatic heterocycles. The second-order valence-electron chi connectivity index (χ2n) is 9.27. The van der Waals surface area contributed by atoms with Crippen LogP contribution in [-0.4, -0.2) is 53.9 Å². The van der Waals surface area contributed by atoms with Crippen LogP contribution >= 0.6 is 0 Å². The zero-order valence-corrected chi connectivity index (χ0v) is 19.2. The quantitative estimate of drug-likeness (QED) is 0.673. The number of nitrogens with zero attached hydrogens (tertiary/aromatic N) is 2. The summed E-state index contributed by atoms with van der Waals surface area (Å²) in [6.07, 6.45) is 5.99. The van der Waals surface area contributed by atoms with Gasteiger partial charge in [-0.3, -0.25) is 14.6 Å². The van der Waals surface area contributed by atoms with Gasteiger partial charge in [0.1, 0.15) is 5.82 Å². The molecule has 7 heteroatoms. The van der Waals surface area contributed by atoms with Crippen molar-refractivity contribution in [2.45, 2.75) is 45.1 Å². The average Bonchev–Trinajstić information content (AvgIpc) is 3.31. The van der Waals surface area contributed by atoms with Crippen LogP contribution in [0.3, 0.4) is 0 Å². The zero-order chi connectivity index (χ0) is 23.2. The molecule has 1 aliphatic heterocycles. The lowest BCUT2D eigenvalue weighted by atomic mass is 9.85. The molecule has 3 unspecified atom stereocenters. The van der Waals surface area contributed by atoms with Gasteiger partial charge in [0.05, 0.1) is 11.3 Å². The number of halogens is 1. The van der Waals surface area contributed by atoms with Gasteiger partial charge in [-0.15, -0.1) is 0 Å². The Kier molecular flexibility index (Phi) is 7.70. The maximum absolute atomic E-state index is 13.4. The van der Waals surface area contributed by atoms with Crippen LogP contribution in [0.15, 0.2) is 42.6 Å². The highest BCUT2D eigenvalue weighted by Crippen LogP contribution is 2.25. The lowest BCUT2D eigenvalue weighted by Crippen LogP contribution is -2.43. The van der Waals surface area contributed by atoms with E-state index in [0.29, 0.717) is 29.2 Å². The standard InChI is InChI=1S/C26H33FN4O2/c1-2-31-12-11-18(17-31)15-29-25(32)20-6-4-8-23(14-20)30-26(33)21-9-10-24(28-16-21)19-5-3-7-22(27)13-19/h3,5,7,9-10,13,16,18,20,23H,2,4,6,8,11-12,14-15,17H2,1H3,(H,29,32)(H,30,33). The third-order valence-corrected chi connectivity index (χ3v) is 6.91. The number of hydrogen-bond acceptors (Lipinski definition) is 4. The minimum absolute atomic E-state index is 0.0213. The van der Waals surface area contributed by atoms with Crippen LogP contribution in [0.2, 0.25) is 0 Å². The first-order valence-corrected chi connectivity index (χ1v) is 12.0. The first-order chi connectivity index (χ1) is 16.0. The molecule has 0 spiro atoms. The molecule has 1 saturated carbocycles. The normalized spacial score (nSPS) is 23.3. The zero-order valence-electron chi connectivity index (χ0n) is 19.2. The molecule has 2 N–H and O–H groups in total. The van der Waals surface area contributed by atoms with Crippen LogP contribution < -0.4 is 10.6 Å². The molecular weight excluding hydrogens is 419 g/mol. The number of aromatic nitrogens is 1. The van der Waals surface area contributed by atoms with Crippen LogP contribution in [0, 0.1) is 17.7 Å². The van der Waals surface area contributed by atoms with Crippen LogP contribution in [0.25, 0.3) is 11.3 Å². The highest BCUT2D eigenvalue weighted by Gasteiger charge is 2.29. The number of hydrogen-bond donors (Lipinski definition) is 2. The minimum atomic E-state index is -0.321. The number of likely N-dealkylation sites (tertiary alicyclic amines) is 1. The smallest absolute Gasteiger partial charge is 0.253 e. The van der Waals surface area contributed by atoms with Crippen LogP contribution in [0.4, 0.5) is 4.39 Å². The molecular formula is C26H33FN4O2. The van der Waals surface area contributed by atoms with E-state index in [1.54, 1.807) is 24.3 Å². The fourth-order valence-corrected chi connectivity index (χ4v) is 4.93. The summed E-state index contributed by atoms with van der Waals surface area (Å²) >= 11 is 0. The van der Waals surface area contributed by atoms with Gasteiger partial charge in [-0.1, -0.05) is 25.5 Å². The lowest BCUT2D eigenvalue weighted by molar-refractivity contribution is -0.126. The Labute approximate surface area is 195 Å². The second kappa shape index (κ2) is 10.9. The van der Waals surface area contributed by atoms with Gasteiger partial charge in [0.2, 0.25) is 5.91 Å². The molecule has 176 valence electrons. The molecule has 1 saturated heterocycles. The Balaban J connectivity index is 1.27. The maximum atomic E-state index is 13.4. The molecule has 2 fully saturated rings. The minimum Gasteiger partial charge on any atom is -0.356 e. The summed E-state index contributed by atoms with van der Waals surface area (Å²) in [5, 5.41) is 6.23. The number of nitrogens with one attached hydrogen (secondary N) is 2. The third kappa shape index (κ3) is 6.16. The summed E-state index contributed by atoms with van der Waals surface area (Å²) < 4.78 is 13.4. The Morgan fingerprint density at radius 3 is 2.79 bits per heavy atom. The summed E-state index contributed by atoms with van der Waals surface area (Å²) in [5.41, 5.74) is 1.75. The Bertz CT molecular complexity index is 965. The summed E-state index contributed by atoms with van der Waals surface area (Å²) in [6, 6.07) is 9.63. The highest BCUT2D eigenvalue weighted by molar-refractivity contribution is 5.94. The summed E-state index contributed by atoms with van der Waals surface area (Å²) in [7, 11) is 0. The Morgan fingerprint density at radius 2 is 2.06 bits per heavy atom. The molecule has 2 heterocycles. The third-order valence-electron chi connectivity index (χ3n) is 6.91. The molecule has 1 aliphatic carbocycles. The molecule has 2 aliphatic rings. The Hall–Kier alpha value is -2.80. The summed E-state index contributed by atoms with van der Waals surface area (Å²) in [6.45, 7) is 6.16. The van der Waals surface area contributed by atoms with E-state index in [1.165, 1.54) is 18.3 Å². The van der Waals surface area contributed by atoms with Gasteiger partial charge in [0.15, 0.2) is 0 Å². The fourth-order valence-electron chi connectivity index (χ4n) is 4.93. The molecule has 2 aromatic rings. The van der Waals surface area contributed by atoms with Crippen molar-refractivity contribution in [3.05, 3.63) is 54.0 Å². The van der Waals surface area contributed by atoms with Crippen LogP contribution in [0.5, 0.6) is 0 Å². The van der Waals surface area contributed by atoms with E-state index < -0.39 is 0 Å². The van der Waals surface area contributed by atoms with E-state index in [9.17, 15) is 14.0 Å². The fraction of sp³-hybridized carbons (Fsp3) is 0.500. The molecule has 2 amide bonds. The van der Waals surface area contributed by atoms with Gasteiger partial charge >= 0.3 is 0 Å². The number of pyridine rings is 1. The number of benzene rings is 1. The van der Waals surface area contributed by atoms with Crippen LogP contribution in [0.1, 0.15) is 49.4 Å². The van der Waals surface area contributed by atoms with Gasteiger partial charge in [-0.05, 0) is 69.0 Å². The van der Waals surface area contributed by atoms with Crippen molar-refractivity contribution in [2.24, 2.45) is 11.8 Å². The number of amides is 2. The van der Waals surface area contributed by atoms with E-state index >= 15 is 0 Å². The summed E-state index contributed by atoms with van der Waals surface area (Å²) in [4.78, 5) is 32.2. The van der Waals surface area contributed by atoms with Gasteiger partial charge < -0.3 is 15.5 Å². The predicted octanol–water partition coefficient (Wildman–Crippen LogP) is 3.63. The van der Waals surface area contributed by atoms with E-state index in [-0.39, 0.29) is 29.6 Å². The van der Waals surface area contributed by atoms with Crippen molar-refractivity contribution in [1.82, 2.24) is 20.5 Å². The monoisotopic (exact) mass is 452 g/mol. The van der Waals surface area contributed by atoms with Gasteiger partial charge in [0.25, 0.3) is 5.91 Å². The van der Waals surface area contributed by atoms with Gasteiger partial charge in [-0.25, -0.2) is 4.39 Å². The van der Waals surface area contributed by atoms with Gasteiger partial charge in [-0.2, -0.15) is 0 Å². The van der Waals surface area contributed by atoms with Crippen molar-refractivity contribution >= 4 is 11.8 Å². The lowest BCUT2D eigenvalue weighted by Gasteiger charge is -2.29. The van der Waals surface area contributed by atoms with Gasteiger partial charge in [0, 0.05) is 36.8 Å². The van der Waals surface area contributed by atoms with Crippen molar-refractivity contribution in [2.75, 3.05) is 26.2 Å². The molecule has 3 atom stereocenters. The van der Waals surface area contributed by atoms with E-state index in [0.717, 1.165) is 51.9 Å². The van der Waals surface area contributed by atoms with E-state index in [4.69, 9.17) is 0 Å². The molecule has 0 radical (unpaired) electrons. The SMILES string of the molecule is CCN1CCC(CNC(=O)C2CCCC(NC(=O)c3ccc(-c4cccc(F)c4)nc3)C2)C1. The molecule has 0 bridgehead atoms. The summed E-state index contributed by atoms with van der Waals surface area (Å²) in [5.74, 6) is 0.0882. The number of carbonyl (C=O) groups is 2. The molecule has 6 nitrogen and oxygen atoms in total. The van der Waals surface area contributed by atoms with Crippen LogP contribution in [-0.2, 0) is 4.79 Å². The first kappa shape index (κ1) is 23.4. The van der Waals surface area contributed by atoms with Crippen molar-refractivity contribution in [3.8, 4) is 11.3 Å². The maximum Gasteiger partial charge on any atom is 0.253 e. The molecule has 33 heavy (non-hydrogen) atoms. The van der Waals surface area contributed by atoms with E-state index in [1.807, 2.05) is 0 Å². The average molecular weight is 453 g/mol. The number of rotatable bonds is 7. The Morgan fingerprint density at radius 1 is 1.18 bits per heavy atom. The van der Waals surface area contributed by atoms with E-state index in [2.05, 4.69) is 27.4 Å². The number of carbonyl (C=O) groups excluding carboxylic acids is 2. The van der Waals surface area contributed by atoms with Crippen molar-refractivity contribution < 1.29 is 14.0 Å². The largest absolute Gasteiger partial charge is 0.356 e. The molecule has 1 aromatic carbocycles. The molecule has 4 rings (SSSR count). The topological polar surface area (TPSA) is 74.3 Å². The predicted molar refractivity (Wildman–Crippen MR) is 126 cm³/mol.